The number of pyridine rings is 1. The number of carboxylic acid groups (broad SMARTS) is 1. The monoisotopic (exact) mass is 256 g/mol. The summed E-state index contributed by atoms with van der Waals surface area (Å²) in [6, 6.07) is 15.1. The van der Waals surface area contributed by atoms with E-state index in [0.717, 1.165) is 17.9 Å². The summed E-state index contributed by atoms with van der Waals surface area (Å²) in [4.78, 5) is 17.2. The molecule has 0 unspecified atom stereocenters. The molecule has 0 spiro atoms. The summed E-state index contributed by atoms with van der Waals surface area (Å²) in [7, 11) is 0. The van der Waals surface area contributed by atoms with Gasteiger partial charge < -0.3 is 10.0 Å². The van der Waals surface area contributed by atoms with E-state index in [9.17, 15) is 4.79 Å². The lowest BCUT2D eigenvalue weighted by Gasteiger charge is -2.22. The molecule has 1 heterocycles. The number of carbonyl (C=O) groups is 1. The number of carboxylic acids is 1. The molecule has 0 atom stereocenters. The Labute approximate surface area is 112 Å². The molecule has 2 aromatic rings. The Bertz CT molecular complexity index is 555. The van der Waals surface area contributed by atoms with Crippen molar-refractivity contribution >= 4 is 11.7 Å². The molecule has 4 nitrogen and oxygen atoms in total. The third kappa shape index (κ3) is 3.31. The maximum atomic E-state index is 10.9. The largest absolute Gasteiger partial charge is 0.477 e. The second-order valence-electron chi connectivity index (χ2n) is 4.17. The van der Waals surface area contributed by atoms with Crippen molar-refractivity contribution < 1.29 is 9.90 Å². The van der Waals surface area contributed by atoms with Crippen LogP contribution >= 0.6 is 0 Å². The second kappa shape index (κ2) is 6.00. The van der Waals surface area contributed by atoms with Gasteiger partial charge >= 0.3 is 5.97 Å². The van der Waals surface area contributed by atoms with Crippen molar-refractivity contribution in [2.75, 3.05) is 11.4 Å². The molecule has 0 bridgehead atoms. The number of aromatic carboxylic acids is 1. The van der Waals surface area contributed by atoms with Gasteiger partial charge in [-0.25, -0.2) is 9.78 Å². The SMILES string of the molecule is CCN(Cc1cccc(C(=O)O)n1)c1ccccc1. The summed E-state index contributed by atoms with van der Waals surface area (Å²) in [6.45, 7) is 3.50. The summed E-state index contributed by atoms with van der Waals surface area (Å²) in [5, 5.41) is 8.94. The highest BCUT2D eigenvalue weighted by molar-refractivity contribution is 5.85. The van der Waals surface area contributed by atoms with Crippen LogP contribution in [0.3, 0.4) is 0 Å². The third-order valence-corrected chi connectivity index (χ3v) is 2.88. The second-order valence-corrected chi connectivity index (χ2v) is 4.17. The van der Waals surface area contributed by atoms with Gasteiger partial charge in [-0.2, -0.15) is 0 Å². The molecule has 2 rings (SSSR count). The predicted molar refractivity (Wildman–Crippen MR) is 74.4 cm³/mol. The fourth-order valence-electron chi connectivity index (χ4n) is 1.91. The molecule has 0 radical (unpaired) electrons. The number of hydrogen-bond acceptors (Lipinski definition) is 3. The van der Waals surface area contributed by atoms with Crippen LogP contribution in [0.4, 0.5) is 5.69 Å². The van der Waals surface area contributed by atoms with Crippen molar-refractivity contribution in [3.63, 3.8) is 0 Å². The number of benzene rings is 1. The molecule has 0 aliphatic carbocycles. The predicted octanol–water partition coefficient (Wildman–Crippen LogP) is 2.81. The molecule has 19 heavy (non-hydrogen) atoms. The molecule has 1 N–H and O–H groups in total. The van der Waals surface area contributed by atoms with Crippen molar-refractivity contribution in [3.8, 4) is 0 Å². The van der Waals surface area contributed by atoms with Crippen LogP contribution in [0.25, 0.3) is 0 Å². The Morgan fingerprint density at radius 3 is 2.53 bits per heavy atom. The summed E-state index contributed by atoms with van der Waals surface area (Å²) in [6.07, 6.45) is 0. The van der Waals surface area contributed by atoms with Crippen LogP contribution < -0.4 is 4.90 Å². The van der Waals surface area contributed by atoms with Gasteiger partial charge in [0.15, 0.2) is 0 Å². The minimum atomic E-state index is -0.996. The van der Waals surface area contributed by atoms with Crippen molar-refractivity contribution in [1.29, 1.82) is 0 Å². The summed E-state index contributed by atoms with van der Waals surface area (Å²) in [5.74, 6) is -0.996. The smallest absolute Gasteiger partial charge is 0.354 e. The minimum absolute atomic E-state index is 0.0848. The van der Waals surface area contributed by atoms with Crippen molar-refractivity contribution in [2.45, 2.75) is 13.5 Å². The maximum absolute atomic E-state index is 10.9. The van der Waals surface area contributed by atoms with E-state index in [4.69, 9.17) is 5.11 Å². The highest BCUT2D eigenvalue weighted by Gasteiger charge is 2.08. The molecule has 4 heteroatoms. The van der Waals surface area contributed by atoms with Crippen LogP contribution in [0.2, 0.25) is 0 Å². The van der Waals surface area contributed by atoms with Gasteiger partial charge in [-0.05, 0) is 31.2 Å². The van der Waals surface area contributed by atoms with Gasteiger partial charge in [0, 0.05) is 12.2 Å². The Kier molecular flexibility index (Phi) is 4.13. The van der Waals surface area contributed by atoms with Crippen molar-refractivity contribution in [3.05, 3.63) is 59.9 Å². The van der Waals surface area contributed by atoms with Gasteiger partial charge in [-0.15, -0.1) is 0 Å². The molecule has 1 aromatic heterocycles. The zero-order chi connectivity index (χ0) is 13.7. The van der Waals surface area contributed by atoms with Crippen molar-refractivity contribution in [2.24, 2.45) is 0 Å². The average Bonchev–Trinajstić information content (AvgIpc) is 2.46. The lowest BCUT2D eigenvalue weighted by molar-refractivity contribution is 0.0690. The van der Waals surface area contributed by atoms with Gasteiger partial charge in [-0.3, -0.25) is 0 Å². The molecule has 98 valence electrons. The average molecular weight is 256 g/mol. The van der Waals surface area contributed by atoms with Crippen LogP contribution in [-0.4, -0.2) is 22.6 Å². The summed E-state index contributed by atoms with van der Waals surface area (Å²) in [5.41, 5.74) is 1.94. The molecular weight excluding hydrogens is 240 g/mol. The first-order valence-corrected chi connectivity index (χ1v) is 6.20. The van der Waals surface area contributed by atoms with E-state index in [0.29, 0.717) is 6.54 Å². The number of rotatable bonds is 5. The van der Waals surface area contributed by atoms with Crippen LogP contribution in [0.1, 0.15) is 23.1 Å². The fourth-order valence-corrected chi connectivity index (χ4v) is 1.91. The van der Waals surface area contributed by atoms with E-state index in [1.807, 2.05) is 36.4 Å². The van der Waals surface area contributed by atoms with Gasteiger partial charge in [0.05, 0.1) is 12.2 Å². The van der Waals surface area contributed by atoms with E-state index in [2.05, 4.69) is 16.8 Å². The topological polar surface area (TPSA) is 53.4 Å². The number of aromatic nitrogens is 1. The first kappa shape index (κ1) is 13.1. The van der Waals surface area contributed by atoms with E-state index in [1.165, 1.54) is 6.07 Å². The number of hydrogen-bond donors (Lipinski definition) is 1. The van der Waals surface area contributed by atoms with Crippen LogP contribution in [0, 0.1) is 0 Å². The minimum Gasteiger partial charge on any atom is -0.477 e. The van der Waals surface area contributed by atoms with E-state index in [1.54, 1.807) is 6.07 Å². The zero-order valence-corrected chi connectivity index (χ0v) is 10.8. The Hall–Kier alpha value is -2.36. The zero-order valence-electron chi connectivity index (χ0n) is 10.8. The van der Waals surface area contributed by atoms with Crippen LogP contribution in [0.15, 0.2) is 48.5 Å². The number of anilines is 1. The van der Waals surface area contributed by atoms with Crippen LogP contribution in [0.5, 0.6) is 0 Å². The molecule has 0 fully saturated rings. The molecule has 0 aliphatic rings. The normalized spacial score (nSPS) is 10.2. The molecule has 0 amide bonds. The lowest BCUT2D eigenvalue weighted by Crippen LogP contribution is -2.22. The Balaban J connectivity index is 2.19. The standard InChI is InChI=1S/C15H16N2O2/c1-2-17(13-8-4-3-5-9-13)11-12-7-6-10-14(16-12)15(18)19/h3-10H,2,11H2,1H3,(H,18,19). The fraction of sp³-hybridized carbons (Fsp3) is 0.200. The third-order valence-electron chi connectivity index (χ3n) is 2.88. The van der Waals surface area contributed by atoms with Gasteiger partial charge in [0.2, 0.25) is 0 Å². The highest BCUT2D eigenvalue weighted by Crippen LogP contribution is 2.15. The molecule has 0 saturated carbocycles. The maximum Gasteiger partial charge on any atom is 0.354 e. The van der Waals surface area contributed by atoms with E-state index < -0.39 is 5.97 Å². The van der Waals surface area contributed by atoms with Crippen LogP contribution in [-0.2, 0) is 6.54 Å². The Morgan fingerprint density at radius 1 is 1.16 bits per heavy atom. The molecule has 0 saturated heterocycles. The molecular formula is C15H16N2O2. The summed E-state index contributed by atoms with van der Waals surface area (Å²) >= 11 is 0. The number of para-hydroxylation sites is 1. The summed E-state index contributed by atoms with van der Waals surface area (Å²) < 4.78 is 0. The molecule has 1 aromatic carbocycles. The Morgan fingerprint density at radius 2 is 1.89 bits per heavy atom. The quantitative estimate of drug-likeness (QED) is 0.893. The van der Waals surface area contributed by atoms with Gasteiger partial charge in [0.25, 0.3) is 0 Å². The van der Waals surface area contributed by atoms with Gasteiger partial charge in [-0.1, -0.05) is 24.3 Å². The highest BCUT2D eigenvalue weighted by atomic mass is 16.4. The molecule has 0 aliphatic heterocycles. The first-order chi connectivity index (χ1) is 9.20. The van der Waals surface area contributed by atoms with Gasteiger partial charge in [0.1, 0.15) is 5.69 Å². The lowest BCUT2D eigenvalue weighted by atomic mass is 10.2. The number of nitrogens with zero attached hydrogens (tertiary/aromatic N) is 2. The van der Waals surface area contributed by atoms with Crippen molar-refractivity contribution in [1.82, 2.24) is 4.98 Å². The van der Waals surface area contributed by atoms with E-state index >= 15 is 0 Å². The first-order valence-electron chi connectivity index (χ1n) is 6.20. The van der Waals surface area contributed by atoms with E-state index in [-0.39, 0.29) is 5.69 Å².